The van der Waals surface area contributed by atoms with Gasteiger partial charge in [-0.1, -0.05) is 13.0 Å². The molecule has 29 heavy (non-hydrogen) atoms. The third-order valence-electron chi connectivity index (χ3n) is 5.70. The molecule has 1 aromatic carbocycles. The van der Waals surface area contributed by atoms with Crippen LogP contribution < -0.4 is 20.7 Å². The molecule has 4 N–H and O–H groups in total. The molecule has 160 valence electrons. The van der Waals surface area contributed by atoms with Crippen LogP contribution in [-0.2, 0) is 25.0 Å². The van der Waals surface area contributed by atoms with Crippen LogP contribution in [-0.4, -0.2) is 58.5 Å². The van der Waals surface area contributed by atoms with Gasteiger partial charge in [0.2, 0.25) is 15.9 Å². The van der Waals surface area contributed by atoms with Gasteiger partial charge in [0.25, 0.3) is 0 Å². The predicted molar refractivity (Wildman–Crippen MR) is 104 cm³/mol. The van der Waals surface area contributed by atoms with E-state index in [-0.39, 0.29) is 18.5 Å². The Morgan fingerprint density at radius 1 is 1.41 bits per heavy atom. The van der Waals surface area contributed by atoms with E-state index in [0.29, 0.717) is 24.3 Å². The van der Waals surface area contributed by atoms with Gasteiger partial charge in [-0.25, -0.2) is 22.3 Å². The molecule has 9 nitrogen and oxygen atoms in total. The minimum atomic E-state index is -3.37. The second-order valence-corrected chi connectivity index (χ2v) is 9.67. The number of nitrogens with one attached hydrogen (secondary N) is 2. The number of ether oxygens (including phenoxy) is 1. The highest BCUT2D eigenvalue weighted by atomic mass is 32.2. The Morgan fingerprint density at radius 3 is 2.62 bits per heavy atom. The summed E-state index contributed by atoms with van der Waals surface area (Å²) in [7, 11) is -3.37. The molecule has 2 heterocycles. The minimum Gasteiger partial charge on any atom is -0.443 e. The van der Waals surface area contributed by atoms with Gasteiger partial charge in [-0.15, -0.1) is 0 Å². The lowest BCUT2D eigenvalue weighted by atomic mass is 9.76. The molecule has 0 spiro atoms. The van der Waals surface area contributed by atoms with Crippen molar-refractivity contribution in [3.8, 4) is 0 Å². The first-order chi connectivity index (χ1) is 13.4. The molecule has 1 aromatic rings. The van der Waals surface area contributed by atoms with Crippen molar-refractivity contribution in [3.63, 3.8) is 0 Å². The molecule has 4 unspecified atom stereocenters. The average molecular weight is 428 g/mol. The van der Waals surface area contributed by atoms with Crippen molar-refractivity contribution >= 4 is 27.7 Å². The van der Waals surface area contributed by atoms with Crippen LogP contribution >= 0.6 is 0 Å². The van der Waals surface area contributed by atoms with Gasteiger partial charge in [0.05, 0.1) is 18.5 Å². The number of hydrogen-bond acceptors (Lipinski definition) is 6. The van der Waals surface area contributed by atoms with E-state index in [2.05, 4.69) is 10.0 Å². The van der Waals surface area contributed by atoms with Crippen LogP contribution in [0.4, 0.5) is 14.9 Å². The second kappa shape index (κ2) is 7.45. The molecule has 11 heteroatoms. The Balaban J connectivity index is 1.86. The number of amides is 2. The molecule has 0 radical (unpaired) electrons. The largest absolute Gasteiger partial charge is 0.443 e. The van der Waals surface area contributed by atoms with E-state index in [4.69, 9.17) is 10.5 Å². The number of carbonyl (C=O) groups excluding carboxylic acids is 2. The van der Waals surface area contributed by atoms with Crippen molar-refractivity contribution in [1.29, 1.82) is 0 Å². The van der Waals surface area contributed by atoms with E-state index < -0.39 is 39.4 Å². The fourth-order valence-corrected chi connectivity index (χ4v) is 4.73. The van der Waals surface area contributed by atoms with Crippen LogP contribution in [0.15, 0.2) is 18.2 Å². The van der Waals surface area contributed by atoms with Crippen molar-refractivity contribution in [2.24, 2.45) is 11.7 Å². The molecule has 2 amide bonds. The van der Waals surface area contributed by atoms with E-state index in [1.165, 1.54) is 19.1 Å². The van der Waals surface area contributed by atoms with Crippen LogP contribution in [0.1, 0.15) is 19.4 Å². The van der Waals surface area contributed by atoms with Crippen molar-refractivity contribution in [2.75, 3.05) is 30.8 Å². The van der Waals surface area contributed by atoms with Crippen molar-refractivity contribution in [2.45, 2.75) is 31.4 Å². The van der Waals surface area contributed by atoms with E-state index in [0.717, 1.165) is 6.26 Å². The summed E-state index contributed by atoms with van der Waals surface area (Å²) in [5, 5.41) is 2.47. The van der Waals surface area contributed by atoms with Gasteiger partial charge in [0.1, 0.15) is 17.3 Å². The first-order valence-corrected chi connectivity index (χ1v) is 11.1. The van der Waals surface area contributed by atoms with Gasteiger partial charge < -0.3 is 20.7 Å². The van der Waals surface area contributed by atoms with Gasteiger partial charge in [-0.3, -0.25) is 4.79 Å². The second-order valence-electron chi connectivity index (χ2n) is 7.89. The number of benzene rings is 1. The van der Waals surface area contributed by atoms with Gasteiger partial charge in [0, 0.05) is 19.1 Å². The lowest BCUT2D eigenvalue weighted by Crippen LogP contribution is -2.49. The molecule has 2 fully saturated rings. The Labute approximate surface area is 168 Å². The maximum absolute atomic E-state index is 15.0. The summed E-state index contributed by atoms with van der Waals surface area (Å²) < 4.78 is 45.7. The number of hydrogen-bond donors (Lipinski definition) is 3. The van der Waals surface area contributed by atoms with Gasteiger partial charge >= 0.3 is 6.09 Å². The van der Waals surface area contributed by atoms with Crippen LogP contribution in [0.25, 0.3) is 0 Å². The Kier molecular flexibility index (Phi) is 5.48. The number of sulfonamides is 1. The smallest absolute Gasteiger partial charge is 0.407 e. The summed E-state index contributed by atoms with van der Waals surface area (Å²) in [6, 6.07) is 4.00. The Bertz CT molecular complexity index is 940. The van der Waals surface area contributed by atoms with Gasteiger partial charge in [0.15, 0.2) is 0 Å². The molecular weight excluding hydrogens is 403 g/mol. The van der Waals surface area contributed by atoms with Gasteiger partial charge in [-0.05, 0) is 30.5 Å². The fourth-order valence-electron chi connectivity index (χ4n) is 3.88. The fraction of sp³-hybridized carbons (Fsp3) is 0.556. The maximum atomic E-state index is 15.0. The number of nitrogens with zero attached hydrogens (tertiary/aromatic N) is 1. The summed E-state index contributed by atoms with van der Waals surface area (Å²) in [6.07, 6.45) is -0.421. The summed E-state index contributed by atoms with van der Waals surface area (Å²) in [5.41, 5.74) is 4.77. The molecule has 0 bridgehead atoms. The molecule has 0 saturated carbocycles. The molecule has 2 saturated heterocycles. The number of primary amides is 1. The van der Waals surface area contributed by atoms with Crippen LogP contribution in [0.2, 0.25) is 0 Å². The van der Waals surface area contributed by atoms with E-state index in [9.17, 15) is 22.4 Å². The van der Waals surface area contributed by atoms with Crippen molar-refractivity contribution < 1.29 is 27.1 Å². The number of alkyl carbamates (subject to hydrolysis) is 1. The summed E-state index contributed by atoms with van der Waals surface area (Å²) in [4.78, 5) is 25.3. The molecule has 4 atom stereocenters. The quantitative estimate of drug-likeness (QED) is 0.587. The highest BCUT2D eigenvalue weighted by Crippen LogP contribution is 2.35. The van der Waals surface area contributed by atoms with E-state index >= 15 is 0 Å². The van der Waals surface area contributed by atoms with Gasteiger partial charge in [-0.2, -0.15) is 0 Å². The predicted octanol–water partition coefficient (Wildman–Crippen LogP) is 0.0510. The van der Waals surface area contributed by atoms with Crippen LogP contribution in [0.3, 0.4) is 0 Å². The number of halogens is 1. The van der Waals surface area contributed by atoms with Crippen molar-refractivity contribution in [3.05, 3.63) is 29.6 Å². The normalized spacial score (nSPS) is 26.7. The minimum absolute atomic E-state index is 0.0105. The summed E-state index contributed by atoms with van der Waals surface area (Å²) in [6.45, 7) is 4.28. The lowest BCUT2D eigenvalue weighted by Gasteiger charge is -2.31. The van der Waals surface area contributed by atoms with Crippen LogP contribution in [0, 0.1) is 11.7 Å². The third-order valence-corrected chi connectivity index (χ3v) is 6.43. The van der Waals surface area contributed by atoms with E-state index in [1.807, 2.05) is 6.92 Å². The number of anilines is 1. The number of nitrogens with two attached hydrogens (primary N) is 1. The number of cyclic esters (lactones) is 1. The molecule has 2 aliphatic rings. The van der Waals surface area contributed by atoms with Crippen LogP contribution in [0.5, 0.6) is 0 Å². The monoisotopic (exact) mass is 428 g/mol. The molecule has 0 aliphatic carbocycles. The molecule has 2 aliphatic heterocycles. The first kappa shape index (κ1) is 21.3. The summed E-state index contributed by atoms with van der Waals surface area (Å²) >= 11 is 0. The van der Waals surface area contributed by atoms with Crippen molar-refractivity contribution in [1.82, 2.24) is 10.0 Å². The highest BCUT2D eigenvalue weighted by molar-refractivity contribution is 7.88. The average Bonchev–Trinajstić information content (AvgIpc) is 3.19. The molecule has 3 rings (SSSR count). The Hall–Kier alpha value is -2.40. The standard InChI is InChI=1S/C18H25FN4O5S/c1-10-8-23(9-13(10)22-29(3,26)27)14-5-4-11(6-12(14)19)18(2,16(20)24)15-7-21-17(25)28-15/h4-6,10,13,15,22H,7-9H2,1-3H3,(H2,20,24)(H,21,25). The summed E-state index contributed by atoms with van der Waals surface area (Å²) in [5.74, 6) is -1.32. The Morgan fingerprint density at radius 2 is 2.10 bits per heavy atom. The maximum Gasteiger partial charge on any atom is 0.407 e. The molecular formula is C18H25FN4O5S. The highest BCUT2D eigenvalue weighted by Gasteiger charge is 2.47. The first-order valence-electron chi connectivity index (χ1n) is 9.18. The zero-order valence-corrected chi connectivity index (χ0v) is 17.3. The lowest BCUT2D eigenvalue weighted by molar-refractivity contribution is -0.126. The zero-order valence-electron chi connectivity index (χ0n) is 16.4. The zero-order chi connectivity index (χ0) is 21.6. The number of carbonyl (C=O) groups is 2. The van der Waals surface area contributed by atoms with E-state index in [1.54, 1.807) is 11.0 Å². The third kappa shape index (κ3) is 4.15. The topological polar surface area (TPSA) is 131 Å². The molecule has 0 aromatic heterocycles. The SMILES string of the molecule is CC1CN(c2ccc(C(C)(C(N)=O)C3CNC(=O)O3)cc2F)CC1NS(C)(=O)=O. The number of rotatable bonds is 6.